The zero-order valence-electron chi connectivity index (χ0n) is 20.5. The molecule has 2 fully saturated rings. The van der Waals surface area contributed by atoms with Gasteiger partial charge in [-0.25, -0.2) is 17.8 Å². The highest BCUT2D eigenvalue weighted by molar-refractivity contribution is 7.90. The number of alkyl halides is 3. The quantitative estimate of drug-likeness (QED) is 0.504. The van der Waals surface area contributed by atoms with Gasteiger partial charge >= 0.3 is 15.5 Å². The lowest BCUT2D eigenvalue weighted by atomic mass is 9.63. The summed E-state index contributed by atoms with van der Waals surface area (Å²) in [5, 5.41) is 0. The Hall–Kier alpha value is -2.47. The summed E-state index contributed by atoms with van der Waals surface area (Å²) in [7, 11) is -5.77. The van der Waals surface area contributed by atoms with Crippen molar-refractivity contribution >= 4 is 15.9 Å². The van der Waals surface area contributed by atoms with Crippen LogP contribution in [0.4, 0.5) is 17.6 Å². The number of amides is 1. The molecule has 1 amide bonds. The van der Waals surface area contributed by atoms with Crippen LogP contribution in [0.5, 0.6) is 0 Å². The molecule has 204 valence electrons. The molecule has 1 N–H and O–H groups in total. The van der Waals surface area contributed by atoms with Crippen LogP contribution >= 0.6 is 0 Å². The number of benzene rings is 1. The van der Waals surface area contributed by atoms with Crippen molar-refractivity contribution in [3.8, 4) is 0 Å². The summed E-state index contributed by atoms with van der Waals surface area (Å²) >= 11 is 0. The zero-order valence-corrected chi connectivity index (χ0v) is 21.3. The first-order valence-corrected chi connectivity index (χ1v) is 14.0. The maximum atomic E-state index is 13.4. The number of likely N-dealkylation sites (tertiary alicyclic amines) is 1. The van der Waals surface area contributed by atoms with E-state index in [1.807, 2.05) is 10.8 Å². The Bertz CT molecular complexity index is 1140. The molecule has 2 aromatic rings. The van der Waals surface area contributed by atoms with Crippen LogP contribution in [-0.2, 0) is 27.8 Å². The second kappa shape index (κ2) is 11.1. The summed E-state index contributed by atoms with van der Waals surface area (Å²) < 4.78 is 80.2. The third kappa shape index (κ3) is 6.51. The molecule has 1 aliphatic carbocycles. The molecule has 2 heterocycles. The second-order valence-electron chi connectivity index (χ2n) is 10.2. The monoisotopic (exact) mass is 544 g/mol. The number of piperidine rings is 1. The van der Waals surface area contributed by atoms with Crippen LogP contribution in [-0.4, -0.2) is 53.4 Å². The van der Waals surface area contributed by atoms with Gasteiger partial charge < -0.3 is 9.47 Å². The van der Waals surface area contributed by atoms with Crippen LogP contribution in [0.15, 0.2) is 43.0 Å². The molecular weight excluding hydrogens is 512 g/mol. The van der Waals surface area contributed by atoms with Gasteiger partial charge in [0.05, 0.1) is 6.33 Å². The zero-order chi connectivity index (χ0) is 26.7. The first-order valence-electron chi connectivity index (χ1n) is 12.6. The number of carbonyl (C=O) groups excluding carboxylic acids is 1. The summed E-state index contributed by atoms with van der Waals surface area (Å²) in [5.41, 5.74) is -5.29. The van der Waals surface area contributed by atoms with Crippen LogP contribution in [0.25, 0.3) is 0 Å². The Morgan fingerprint density at radius 3 is 2.32 bits per heavy atom. The average Bonchev–Trinajstić information content (AvgIpc) is 3.37. The number of aromatic nitrogens is 2. The molecule has 12 heteroatoms. The summed E-state index contributed by atoms with van der Waals surface area (Å²) in [4.78, 5) is 19.0. The fourth-order valence-corrected chi connectivity index (χ4v) is 6.53. The number of hydrogen-bond acceptors (Lipinski definition) is 4. The molecule has 1 aromatic carbocycles. The van der Waals surface area contributed by atoms with Crippen molar-refractivity contribution < 1.29 is 30.8 Å². The molecule has 1 aliphatic heterocycles. The summed E-state index contributed by atoms with van der Waals surface area (Å²) in [6.45, 7) is 1.38. The SMILES string of the molecule is O=C(C(Cc1ccc(F)cc1)NS(=O)(=O)C(F)(F)F)N1CCC(Cn2ccnc2)(C2CCCCC2)CC1. The molecule has 1 aromatic heterocycles. The van der Waals surface area contributed by atoms with Crippen molar-refractivity contribution in [2.24, 2.45) is 11.3 Å². The van der Waals surface area contributed by atoms with E-state index in [1.165, 1.54) is 23.5 Å². The highest BCUT2D eigenvalue weighted by Crippen LogP contribution is 2.47. The van der Waals surface area contributed by atoms with E-state index in [4.69, 9.17) is 0 Å². The molecule has 7 nitrogen and oxygen atoms in total. The Morgan fingerprint density at radius 1 is 1.11 bits per heavy atom. The Labute approximate surface area is 214 Å². The fourth-order valence-electron chi connectivity index (χ4n) is 5.84. The van der Waals surface area contributed by atoms with E-state index in [2.05, 4.69) is 4.98 Å². The van der Waals surface area contributed by atoms with Crippen molar-refractivity contribution in [3.63, 3.8) is 0 Å². The van der Waals surface area contributed by atoms with Crippen molar-refractivity contribution in [2.75, 3.05) is 13.1 Å². The lowest BCUT2D eigenvalue weighted by molar-refractivity contribution is -0.136. The Balaban J connectivity index is 1.52. The normalized spacial score (nSPS) is 20.1. The van der Waals surface area contributed by atoms with Crippen LogP contribution in [0.3, 0.4) is 0 Å². The van der Waals surface area contributed by atoms with Gasteiger partial charge in [-0.1, -0.05) is 31.4 Å². The van der Waals surface area contributed by atoms with Crippen LogP contribution < -0.4 is 4.72 Å². The molecule has 1 unspecified atom stereocenters. The van der Waals surface area contributed by atoms with E-state index in [1.54, 1.807) is 17.2 Å². The Morgan fingerprint density at radius 2 is 1.76 bits per heavy atom. The molecule has 2 aliphatic rings. The van der Waals surface area contributed by atoms with E-state index in [0.717, 1.165) is 44.4 Å². The van der Waals surface area contributed by atoms with Gasteiger partial charge in [0.1, 0.15) is 11.9 Å². The topological polar surface area (TPSA) is 84.3 Å². The average molecular weight is 545 g/mol. The number of halogens is 4. The second-order valence-corrected chi connectivity index (χ2v) is 11.9. The molecule has 0 radical (unpaired) electrons. The number of nitrogens with zero attached hydrogens (tertiary/aromatic N) is 3. The number of imidazole rings is 1. The van der Waals surface area contributed by atoms with Gasteiger partial charge in [0.15, 0.2) is 0 Å². The largest absolute Gasteiger partial charge is 0.511 e. The minimum atomic E-state index is -5.77. The van der Waals surface area contributed by atoms with Crippen LogP contribution in [0, 0.1) is 17.2 Å². The van der Waals surface area contributed by atoms with Gasteiger partial charge in [-0.05, 0) is 61.1 Å². The maximum absolute atomic E-state index is 13.4. The van der Waals surface area contributed by atoms with Crippen molar-refractivity contribution in [3.05, 3.63) is 54.4 Å². The summed E-state index contributed by atoms with van der Waals surface area (Å²) in [6, 6.07) is 3.22. The smallest absolute Gasteiger partial charge is 0.341 e. The van der Waals surface area contributed by atoms with Gasteiger partial charge in [0, 0.05) is 32.0 Å². The maximum Gasteiger partial charge on any atom is 0.511 e. The number of rotatable bonds is 8. The number of nitrogens with one attached hydrogen (secondary N) is 1. The van der Waals surface area contributed by atoms with E-state index in [9.17, 15) is 30.8 Å². The van der Waals surface area contributed by atoms with E-state index in [0.29, 0.717) is 37.4 Å². The first kappa shape index (κ1) is 27.6. The fraction of sp³-hybridized carbons (Fsp3) is 0.600. The molecule has 1 saturated carbocycles. The number of sulfonamides is 1. The first-order chi connectivity index (χ1) is 17.5. The molecular formula is C25H32F4N4O3S. The van der Waals surface area contributed by atoms with Gasteiger partial charge in [-0.3, -0.25) is 4.79 Å². The van der Waals surface area contributed by atoms with Gasteiger partial charge in [-0.2, -0.15) is 17.9 Å². The summed E-state index contributed by atoms with van der Waals surface area (Å²) in [6.07, 6.45) is 12.1. The van der Waals surface area contributed by atoms with Gasteiger partial charge in [0.25, 0.3) is 0 Å². The van der Waals surface area contributed by atoms with Crippen LogP contribution in [0.2, 0.25) is 0 Å². The lowest BCUT2D eigenvalue weighted by Crippen LogP contribution is -2.55. The van der Waals surface area contributed by atoms with Gasteiger partial charge in [-0.15, -0.1) is 0 Å². The number of carbonyl (C=O) groups is 1. The van der Waals surface area contributed by atoms with E-state index in [-0.39, 0.29) is 11.8 Å². The molecule has 37 heavy (non-hydrogen) atoms. The van der Waals surface area contributed by atoms with Crippen LogP contribution in [0.1, 0.15) is 50.5 Å². The summed E-state index contributed by atoms with van der Waals surface area (Å²) in [5.74, 6) is -0.785. The minimum Gasteiger partial charge on any atom is -0.341 e. The molecule has 0 bridgehead atoms. The highest BCUT2D eigenvalue weighted by Gasteiger charge is 2.49. The van der Waals surface area contributed by atoms with E-state index < -0.39 is 33.3 Å². The molecule has 0 spiro atoms. The highest BCUT2D eigenvalue weighted by atomic mass is 32.2. The predicted molar refractivity (Wildman–Crippen MR) is 129 cm³/mol. The lowest BCUT2D eigenvalue weighted by Gasteiger charge is -2.48. The van der Waals surface area contributed by atoms with Crippen molar-refractivity contribution in [1.29, 1.82) is 0 Å². The van der Waals surface area contributed by atoms with Gasteiger partial charge in [0.2, 0.25) is 5.91 Å². The minimum absolute atomic E-state index is 0.0736. The third-order valence-electron chi connectivity index (χ3n) is 7.85. The van der Waals surface area contributed by atoms with Crippen molar-refractivity contribution in [2.45, 2.75) is 69.5 Å². The predicted octanol–water partition coefficient (Wildman–Crippen LogP) is 4.26. The third-order valence-corrected chi connectivity index (χ3v) is 9.06. The standard InChI is InChI=1S/C25H32F4N4O3S/c26-21-8-6-19(7-9-21)16-22(31-37(35,36)25(27,28)29)23(34)33-13-10-24(11-14-33,17-32-15-12-30-18-32)20-4-2-1-3-5-20/h6-9,12,15,18,20,22,31H,1-5,10-11,13-14,16-17H2. The molecule has 1 saturated heterocycles. The van der Waals surface area contributed by atoms with Crippen molar-refractivity contribution in [1.82, 2.24) is 19.2 Å². The van der Waals surface area contributed by atoms with E-state index >= 15 is 0 Å². The molecule has 4 rings (SSSR count). The number of hydrogen-bond donors (Lipinski definition) is 1. The molecule has 1 atom stereocenters. The Kier molecular flexibility index (Phi) is 8.27.